The standard InChI is InChI=1S/C13H16N4/c1-9-7-11(9)13-16-15-12(8-14)17(13)10-5-3-2-4-6-10/h2-6,9,11H,7-8,14H2,1H3. The van der Waals surface area contributed by atoms with Crippen molar-refractivity contribution in [1.29, 1.82) is 0 Å². The highest BCUT2D eigenvalue weighted by atomic mass is 15.3. The molecule has 2 aromatic rings. The van der Waals surface area contributed by atoms with Crippen LogP contribution in [0.4, 0.5) is 0 Å². The van der Waals surface area contributed by atoms with Crippen molar-refractivity contribution >= 4 is 0 Å². The van der Waals surface area contributed by atoms with Crippen LogP contribution >= 0.6 is 0 Å². The summed E-state index contributed by atoms with van der Waals surface area (Å²) in [5.74, 6) is 3.16. The summed E-state index contributed by atoms with van der Waals surface area (Å²) in [6.07, 6.45) is 1.20. The van der Waals surface area contributed by atoms with E-state index in [1.807, 2.05) is 18.2 Å². The first-order valence-electron chi connectivity index (χ1n) is 6.01. The van der Waals surface area contributed by atoms with Crippen molar-refractivity contribution in [2.75, 3.05) is 0 Å². The summed E-state index contributed by atoms with van der Waals surface area (Å²) in [6.45, 7) is 2.67. The summed E-state index contributed by atoms with van der Waals surface area (Å²) in [7, 11) is 0. The van der Waals surface area contributed by atoms with Crippen LogP contribution in [0.1, 0.15) is 30.9 Å². The van der Waals surface area contributed by atoms with Gasteiger partial charge in [-0.3, -0.25) is 4.57 Å². The zero-order valence-corrected chi connectivity index (χ0v) is 9.87. The molecule has 0 spiro atoms. The van der Waals surface area contributed by atoms with E-state index in [-0.39, 0.29) is 0 Å². The van der Waals surface area contributed by atoms with E-state index in [4.69, 9.17) is 5.73 Å². The number of hydrogen-bond acceptors (Lipinski definition) is 3. The van der Waals surface area contributed by atoms with Gasteiger partial charge in [-0.2, -0.15) is 0 Å². The van der Waals surface area contributed by atoms with Gasteiger partial charge in [-0.15, -0.1) is 10.2 Å². The largest absolute Gasteiger partial charge is 0.324 e. The number of rotatable bonds is 3. The maximum atomic E-state index is 5.73. The van der Waals surface area contributed by atoms with Gasteiger partial charge >= 0.3 is 0 Å². The van der Waals surface area contributed by atoms with E-state index < -0.39 is 0 Å². The average Bonchev–Trinajstić information content (AvgIpc) is 2.94. The minimum Gasteiger partial charge on any atom is -0.324 e. The SMILES string of the molecule is CC1CC1c1nnc(CN)n1-c1ccccc1. The second-order valence-corrected chi connectivity index (χ2v) is 4.67. The molecule has 1 saturated carbocycles. The first-order valence-corrected chi connectivity index (χ1v) is 6.01. The normalized spacial score (nSPS) is 22.7. The Morgan fingerprint density at radius 1 is 1.29 bits per heavy atom. The Balaban J connectivity index is 2.10. The van der Waals surface area contributed by atoms with E-state index in [1.54, 1.807) is 0 Å². The molecule has 0 amide bonds. The van der Waals surface area contributed by atoms with E-state index in [2.05, 4.69) is 33.8 Å². The molecule has 17 heavy (non-hydrogen) atoms. The zero-order chi connectivity index (χ0) is 11.8. The van der Waals surface area contributed by atoms with Gasteiger partial charge in [-0.05, 0) is 24.5 Å². The number of para-hydroxylation sites is 1. The molecule has 3 rings (SSSR count). The number of benzene rings is 1. The monoisotopic (exact) mass is 228 g/mol. The van der Waals surface area contributed by atoms with E-state index >= 15 is 0 Å². The summed E-state index contributed by atoms with van der Waals surface area (Å²) in [6, 6.07) is 10.2. The van der Waals surface area contributed by atoms with Crippen molar-refractivity contribution in [2.45, 2.75) is 25.8 Å². The molecule has 88 valence electrons. The van der Waals surface area contributed by atoms with Crippen LogP contribution in [0, 0.1) is 5.92 Å². The summed E-state index contributed by atoms with van der Waals surface area (Å²) >= 11 is 0. The lowest BCUT2D eigenvalue weighted by atomic mass is 10.2. The Kier molecular flexibility index (Phi) is 2.44. The second-order valence-electron chi connectivity index (χ2n) is 4.67. The van der Waals surface area contributed by atoms with Gasteiger partial charge in [-0.25, -0.2) is 0 Å². The molecule has 1 aromatic heterocycles. The Morgan fingerprint density at radius 2 is 2.00 bits per heavy atom. The smallest absolute Gasteiger partial charge is 0.151 e. The quantitative estimate of drug-likeness (QED) is 0.872. The van der Waals surface area contributed by atoms with Crippen molar-refractivity contribution in [2.24, 2.45) is 11.7 Å². The first kappa shape index (κ1) is 10.5. The minimum atomic E-state index is 0.420. The third-order valence-electron chi connectivity index (χ3n) is 3.39. The third kappa shape index (κ3) is 1.74. The summed E-state index contributed by atoms with van der Waals surface area (Å²) in [5.41, 5.74) is 6.84. The second kappa shape index (κ2) is 3.96. The predicted octanol–water partition coefficient (Wildman–Crippen LogP) is 1.85. The molecule has 4 heteroatoms. The molecule has 1 aliphatic rings. The number of aromatic nitrogens is 3. The van der Waals surface area contributed by atoms with Gasteiger partial charge in [0, 0.05) is 11.6 Å². The molecule has 0 bridgehead atoms. The highest BCUT2D eigenvalue weighted by Gasteiger charge is 2.38. The Bertz CT molecular complexity index is 517. The van der Waals surface area contributed by atoms with Crippen molar-refractivity contribution < 1.29 is 0 Å². The molecule has 4 nitrogen and oxygen atoms in total. The molecule has 0 aliphatic heterocycles. The van der Waals surface area contributed by atoms with Crippen LogP contribution in [0.5, 0.6) is 0 Å². The number of hydrogen-bond donors (Lipinski definition) is 1. The third-order valence-corrected chi connectivity index (χ3v) is 3.39. The zero-order valence-electron chi connectivity index (χ0n) is 9.87. The van der Waals surface area contributed by atoms with Crippen LogP contribution in [-0.2, 0) is 6.54 Å². The highest BCUT2D eigenvalue weighted by Crippen LogP contribution is 2.46. The summed E-state index contributed by atoms with van der Waals surface area (Å²) in [5, 5.41) is 8.50. The fourth-order valence-electron chi connectivity index (χ4n) is 2.24. The van der Waals surface area contributed by atoms with Crippen LogP contribution in [0.25, 0.3) is 5.69 Å². The lowest BCUT2D eigenvalue weighted by Crippen LogP contribution is -2.09. The molecular weight excluding hydrogens is 212 g/mol. The Hall–Kier alpha value is -1.68. The highest BCUT2D eigenvalue weighted by molar-refractivity contribution is 5.35. The molecule has 1 aromatic carbocycles. The van der Waals surface area contributed by atoms with E-state index in [9.17, 15) is 0 Å². The summed E-state index contributed by atoms with van der Waals surface area (Å²) in [4.78, 5) is 0. The molecule has 0 radical (unpaired) electrons. The maximum Gasteiger partial charge on any atom is 0.151 e. The van der Waals surface area contributed by atoms with Crippen LogP contribution in [0.2, 0.25) is 0 Å². The lowest BCUT2D eigenvalue weighted by Gasteiger charge is -2.08. The van der Waals surface area contributed by atoms with Gasteiger partial charge < -0.3 is 5.73 Å². The van der Waals surface area contributed by atoms with E-state index in [0.29, 0.717) is 18.4 Å². The fraction of sp³-hybridized carbons (Fsp3) is 0.385. The molecule has 2 atom stereocenters. The summed E-state index contributed by atoms with van der Waals surface area (Å²) < 4.78 is 2.11. The van der Waals surface area contributed by atoms with Crippen LogP contribution in [-0.4, -0.2) is 14.8 Å². The van der Waals surface area contributed by atoms with Crippen LogP contribution in [0.3, 0.4) is 0 Å². The number of nitrogens with two attached hydrogens (primary N) is 1. The van der Waals surface area contributed by atoms with Gasteiger partial charge in [-0.1, -0.05) is 25.1 Å². The minimum absolute atomic E-state index is 0.420. The first-order chi connectivity index (χ1) is 8.31. The van der Waals surface area contributed by atoms with Crippen molar-refractivity contribution in [3.8, 4) is 5.69 Å². The predicted molar refractivity (Wildman–Crippen MR) is 65.8 cm³/mol. The van der Waals surface area contributed by atoms with Crippen LogP contribution < -0.4 is 5.73 Å². The van der Waals surface area contributed by atoms with E-state index in [0.717, 1.165) is 17.3 Å². The average molecular weight is 228 g/mol. The lowest BCUT2D eigenvalue weighted by molar-refractivity contribution is 0.792. The van der Waals surface area contributed by atoms with Gasteiger partial charge in [0.05, 0.1) is 6.54 Å². The topological polar surface area (TPSA) is 56.7 Å². The number of nitrogens with zero attached hydrogens (tertiary/aromatic N) is 3. The molecule has 1 aliphatic carbocycles. The molecule has 2 unspecified atom stereocenters. The molecule has 2 N–H and O–H groups in total. The Labute approximate surface area is 100 Å². The van der Waals surface area contributed by atoms with Gasteiger partial charge in [0.25, 0.3) is 0 Å². The van der Waals surface area contributed by atoms with Crippen LogP contribution in [0.15, 0.2) is 30.3 Å². The molecular formula is C13H16N4. The fourth-order valence-corrected chi connectivity index (χ4v) is 2.24. The van der Waals surface area contributed by atoms with Crippen molar-refractivity contribution in [1.82, 2.24) is 14.8 Å². The molecule has 1 heterocycles. The van der Waals surface area contributed by atoms with Crippen molar-refractivity contribution in [3.63, 3.8) is 0 Å². The Morgan fingerprint density at radius 3 is 2.59 bits per heavy atom. The van der Waals surface area contributed by atoms with Gasteiger partial charge in [0.1, 0.15) is 5.82 Å². The molecule has 0 saturated heterocycles. The van der Waals surface area contributed by atoms with Gasteiger partial charge in [0.15, 0.2) is 5.82 Å². The van der Waals surface area contributed by atoms with E-state index in [1.165, 1.54) is 6.42 Å². The molecule has 1 fully saturated rings. The van der Waals surface area contributed by atoms with Gasteiger partial charge in [0.2, 0.25) is 0 Å². The maximum absolute atomic E-state index is 5.73. The van der Waals surface area contributed by atoms with Crippen molar-refractivity contribution in [3.05, 3.63) is 42.0 Å².